The first kappa shape index (κ1) is 19.8. The number of hydrogen-bond donors (Lipinski definition) is 2. The Morgan fingerprint density at radius 2 is 1.86 bits per heavy atom. The van der Waals surface area contributed by atoms with Gasteiger partial charge in [-0.2, -0.15) is 4.98 Å². The van der Waals surface area contributed by atoms with Crippen LogP contribution in [0.3, 0.4) is 0 Å². The number of nitrogens with zero attached hydrogens (tertiary/aromatic N) is 3. The summed E-state index contributed by atoms with van der Waals surface area (Å²) >= 11 is 0. The number of aromatic nitrogens is 3. The van der Waals surface area contributed by atoms with Crippen molar-refractivity contribution >= 4 is 17.5 Å². The third-order valence-corrected chi connectivity index (χ3v) is 4.84. The van der Waals surface area contributed by atoms with Crippen LogP contribution in [0.5, 0.6) is 0 Å². The molecule has 0 saturated heterocycles. The van der Waals surface area contributed by atoms with E-state index in [-0.39, 0.29) is 0 Å². The van der Waals surface area contributed by atoms with Crippen LogP contribution in [-0.4, -0.2) is 21.0 Å². The summed E-state index contributed by atoms with van der Waals surface area (Å²) in [6.07, 6.45) is 4.58. The lowest BCUT2D eigenvalue weighted by molar-refractivity contribution is 0.753. The summed E-state index contributed by atoms with van der Waals surface area (Å²) in [6.45, 7) is 10.8. The third kappa shape index (κ3) is 4.85. The molecular formula is C23H29N5. The molecule has 2 aromatic heterocycles. The molecule has 5 heteroatoms. The van der Waals surface area contributed by atoms with Gasteiger partial charge in [-0.3, -0.25) is 4.98 Å². The summed E-state index contributed by atoms with van der Waals surface area (Å²) in [5.41, 5.74) is 5.47. The Kier molecular flexibility index (Phi) is 6.24. The Hall–Kier alpha value is -2.95. The maximum atomic E-state index is 4.69. The van der Waals surface area contributed by atoms with Crippen LogP contribution >= 0.6 is 0 Å². The van der Waals surface area contributed by atoms with Gasteiger partial charge in [0.1, 0.15) is 5.82 Å². The molecule has 0 radical (unpaired) electrons. The molecule has 5 nitrogen and oxygen atoms in total. The van der Waals surface area contributed by atoms with Gasteiger partial charge in [0, 0.05) is 35.8 Å². The van der Waals surface area contributed by atoms with E-state index >= 15 is 0 Å². The van der Waals surface area contributed by atoms with Gasteiger partial charge in [-0.1, -0.05) is 26.8 Å². The monoisotopic (exact) mass is 375 g/mol. The molecule has 0 bridgehead atoms. The number of nitrogens with one attached hydrogen (secondary N) is 2. The Bertz CT molecular complexity index is 922. The molecule has 2 heterocycles. The zero-order valence-corrected chi connectivity index (χ0v) is 17.3. The van der Waals surface area contributed by atoms with Gasteiger partial charge in [0.25, 0.3) is 0 Å². The van der Waals surface area contributed by atoms with Crippen molar-refractivity contribution in [3.63, 3.8) is 0 Å². The first-order valence-corrected chi connectivity index (χ1v) is 9.89. The van der Waals surface area contributed by atoms with E-state index in [1.807, 2.05) is 24.4 Å². The summed E-state index contributed by atoms with van der Waals surface area (Å²) in [4.78, 5) is 13.6. The van der Waals surface area contributed by atoms with Crippen molar-refractivity contribution in [2.75, 3.05) is 10.6 Å². The van der Waals surface area contributed by atoms with Crippen LogP contribution < -0.4 is 10.6 Å². The molecule has 0 fully saturated rings. The molecule has 0 aliphatic carbocycles. The SMILES string of the molecule is CC[C@H](C)Nc1nc(Nc2ccc(C(C)C)c(C)c2)cc(-c2cccnc2)n1. The summed E-state index contributed by atoms with van der Waals surface area (Å²) in [6, 6.07) is 12.6. The molecule has 0 spiro atoms. The van der Waals surface area contributed by atoms with E-state index in [1.165, 1.54) is 11.1 Å². The molecule has 3 rings (SSSR count). The predicted molar refractivity (Wildman–Crippen MR) is 117 cm³/mol. The summed E-state index contributed by atoms with van der Waals surface area (Å²) in [7, 11) is 0. The lowest BCUT2D eigenvalue weighted by atomic mass is 9.98. The standard InChI is InChI=1S/C23H29N5/c1-6-17(5)25-23-27-21(18-8-7-11-24-14-18)13-22(28-23)26-19-9-10-20(15(2)3)16(4)12-19/h7-15,17H,6H2,1-5H3,(H2,25,26,27,28)/t17-/m0/s1. The highest BCUT2D eigenvalue weighted by molar-refractivity contribution is 5.67. The first-order chi connectivity index (χ1) is 13.5. The summed E-state index contributed by atoms with van der Waals surface area (Å²) in [5.74, 6) is 1.89. The largest absolute Gasteiger partial charge is 0.352 e. The van der Waals surface area contributed by atoms with Crippen molar-refractivity contribution in [1.82, 2.24) is 15.0 Å². The Morgan fingerprint density at radius 1 is 1.04 bits per heavy atom. The molecular weight excluding hydrogens is 346 g/mol. The fourth-order valence-corrected chi connectivity index (χ4v) is 3.11. The van der Waals surface area contributed by atoms with Crippen LogP contribution in [0.2, 0.25) is 0 Å². The van der Waals surface area contributed by atoms with Gasteiger partial charge in [-0.05, 0) is 61.6 Å². The Balaban J connectivity index is 1.95. The summed E-state index contributed by atoms with van der Waals surface area (Å²) < 4.78 is 0. The number of benzene rings is 1. The molecule has 28 heavy (non-hydrogen) atoms. The number of pyridine rings is 1. The minimum Gasteiger partial charge on any atom is -0.352 e. The fraction of sp³-hybridized carbons (Fsp3) is 0.348. The molecule has 146 valence electrons. The van der Waals surface area contributed by atoms with Gasteiger partial charge in [-0.25, -0.2) is 4.98 Å². The van der Waals surface area contributed by atoms with E-state index < -0.39 is 0 Å². The zero-order valence-electron chi connectivity index (χ0n) is 17.3. The van der Waals surface area contributed by atoms with Crippen LogP contribution in [0.4, 0.5) is 17.5 Å². The molecule has 1 atom stereocenters. The van der Waals surface area contributed by atoms with Gasteiger partial charge < -0.3 is 10.6 Å². The molecule has 0 unspecified atom stereocenters. The van der Waals surface area contributed by atoms with E-state index in [0.29, 0.717) is 17.9 Å². The molecule has 3 aromatic rings. The van der Waals surface area contributed by atoms with Crippen molar-refractivity contribution in [1.29, 1.82) is 0 Å². The van der Waals surface area contributed by atoms with Crippen LogP contribution in [0, 0.1) is 6.92 Å². The second-order valence-corrected chi connectivity index (χ2v) is 7.51. The maximum Gasteiger partial charge on any atom is 0.225 e. The maximum absolute atomic E-state index is 4.69. The zero-order chi connectivity index (χ0) is 20.1. The van der Waals surface area contributed by atoms with E-state index in [9.17, 15) is 0 Å². The molecule has 1 aromatic carbocycles. The van der Waals surface area contributed by atoms with Crippen molar-refractivity contribution in [3.8, 4) is 11.3 Å². The molecule has 0 saturated carbocycles. The van der Waals surface area contributed by atoms with Crippen molar-refractivity contribution in [3.05, 3.63) is 59.9 Å². The van der Waals surface area contributed by atoms with Gasteiger partial charge in [0.05, 0.1) is 5.69 Å². The molecule has 0 aliphatic heterocycles. The minimum atomic E-state index is 0.296. The quantitative estimate of drug-likeness (QED) is 0.536. The highest BCUT2D eigenvalue weighted by atomic mass is 15.2. The second kappa shape index (κ2) is 8.83. The number of hydrogen-bond acceptors (Lipinski definition) is 5. The average molecular weight is 376 g/mol. The fourth-order valence-electron chi connectivity index (χ4n) is 3.11. The minimum absolute atomic E-state index is 0.296. The van der Waals surface area contributed by atoms with Crippen molar-refractivity contribution in [2.45, 2.75) is 53.0 Å². The first-order valence-electron chi connectivity index (χ1n) is 9.89. The normalized spacial score (nSPS) is 12.1. The average Bonchev–Trinajstić information content (AvgIpc) is 2.68. The Morgan fingerprint density at radius 3 is 2.50 bits per heavy atom. The third-order valence-electron chi connectivity index (χ3n) is 4.84. The molecule has 2 N–H and O–H groups in total. The lowest BCUT2D eigenvalue weighted by Crippen LogP contribution is -2.16. The van der Waals surface area contributed by atoms with Gasteiger partial charge in [0.2, 0.25) is 5.95 Å². The molecule has 0 amide bonds. The van der Waals surface area contributed by atoms with Crippen molar-refractivity contribution in [2.24, 2.45) is 0 Å². The number of anilines is 3. The second-order valence-electron chi connectivity index (χ2n) is 7.51. The van der Waals surface area contributed by atoms with Crippen LogP contribution in [-0.2, 0) is 0 Å². The van der Waals surface area contributed by atoms with Gasteiger partial charge in [0.15, 0.2) is 0 Å². The van der Waals surface area contributed by atoms with E-state index in [1.54, 1.807) is 6.20 Å². The van der Waals surface area contributed by atoms with E-state index in [0.717, 1.165) is 29.2 Å². The number of rotatable bonds is 7. The predicted octanol–water partition coefficient (Wildman–Crippen LogP) is 5.92. The van der Waals surface area contributed by atoms with Gasteiger partial charge in [-0.15, -0.1) is 0 Å². The van der Waals surface area contributed by atoms with Crippen LogP contribution in [0.1, 0.15) is 51.2 Å². The highest BCUT2D eigenvalue weighted by Gasteiger charge is 2.10. The Labute approximate surface area is 167 Å². The highest BCUT2D eigenvalue weighted by Crippen LogP contribution is 2.26. The van der Waals surface area contributed by atoms with E-state index in [2.05, 4.69) is 78.4 Å². The lowest BCUT2D eigenvalue weighted by Gasteiger charge is -2.16. The van der Waals surface area contributed by atoms with Crippen molar-refractivity contribution < 1.29 is 0 Å². The van der Waals surface area contributed by atoms with Crippen LogP contribution in [0.15, 0.2) is 48.8 Å². The van der Waals surface area contributed by atoms with Gasteiger partial charge >= 0.3 is 0 Å². The smallest absolute Gasteiger partial charge is 0.225 e. The topological polar surface area (TPSA) is 62.7 Å². The van der Waals surface area contributed by atoms with Crippen LogP contribution in [0.25, 0.3) is 11.3 Å². The summed E-state index contributed by atoms with van der Waals surface area (Å²) in [5, 5.41) is 6.82. The number of aryl methyl sites for hydroxylation is 1. The van der Waals surface area contributed by atoms with E-state index in [4.69, 9.17) is 0 Å². The molecule has 0 aliphatic rings.